The van der Waals surface area contributed by atoms with Gasteiger partial charge in [-0.25, -0.2) is 5.43 Å². The van der Waals surface area contributed by atoms with Crippen LogP contribution in [0.2, 0.25) is 0 Å². The molecule has 3 aromatic carbocycles. The first-order valence-electron chi connectivity index (χ1n) is 7.55. The molecule has 0 unspecified atom stereocenters. The number of rotatable bonds is 5. The van der Waals surface area contributed by atoms with E-state index in [0.717, 1.165) is 16.5 Å². The lowest BCUT2D eigenvalue weighted by molar-refractivity contribution is -0.119. The van der Waals surface area contributed by atoms with Crippen LogP contribution in [-0.4, -0.2) is 23.8 Å². The van der Waals surface area contributed by atoms with Crippen molar-refractivity contribution in [3.8, 4) is 5.75 Å². The maximum atomic E-state index is 11.9. The second-order valence-corrected chi connectivity index (χ2v) is 5.23. The molecule has 0 aliphatic rings. The highest BCUT2D eigenvalue weighted by Crippen LogP contribution is 2.22. The lowest BCUT2D eigenvalue weighted by Gasteiger charge is -2.08. The van der Waals surface area contributed by atoms with Crippen molar-refractivity contribution in [1.29, 1.82) is 0 Å². The van der Waals surface area contributed by atoms with Crippen LogP contribution in [0.1, 0.15) is 5.56 Å². The van der Waals surface area contributed by atoms with E-state index in [2.05, 4.69) is 15.8 Å². The Labute approximate surface area is 139 Å². The molecule has 0 saturated carbocycles. The van der Waals surface area contributed by atoms with Gasteiger partial charge in [0.05, 0.1) is 12.8 Å². The van der Waals surface area contributed by atoms with Gasteiger partial charge in [0.25, 0.3) is 5.91 Å². The molecule has 5 heteroatoms. The van der Waals surface area contributed by atoms with Crippen molar-refractivity contribution >= 4 is 28.6 Å². The number of phenols is 1. The van der Waals surface area contributed by atoms with E-state index in [4.69, 9.17) is 0 Å². The normalized spacial score (nSPS) is 10.8. The quantitative estimate of drug-likeness (QED) is 0.500. The number of nitrogens with zero attached hydrogens (tertiary/aromatic N) is 1. The Morgan fingerprint density at radius 2 is 1.75 bits per heavy atom. The number of nitrogens with one attached hydrogen (secondary N) is 2. The van der Waals surface area contributed by atoms with Gasteiger partial charge < -0.3 is 10.4 Å². The summed E-state index contributed by atoms with van der Waals surface area (Å²) >= 11 is 0. The second-order valence-electron chi connectivity index (χ2n) is 5.23. The standard InChI is InChI=1S/C19H17N3O2/c23-18-11-4-2-7-15(18)12-21-22-19(24)13-20-17-10-5-8-14-6-1-3-9-16(14)17/h1-12,20,23H,13H2,(H,22,24). The fourth-order valence-electron chi connectivity index (χ4n) is 2.37. The molecule has 0 aliphatic carbocycles. The first kappa shape index (κ1) is 15.6. The zero-order chi connectivity index (χ0) is 16.8. The SMILES string of the molecule is O=C(CNc1cccc2ccccc12)NN=Cc1ccccc1O. The largest absolute Gasteiger partial charge is 0.507 e. The Kier molecular flexibility index (Phi) is 4.72. The molecule has 24 heavy (non-hydrogen) atoms. The Morgan fingerprint density at radius 1 is 1.00 bits per heavy atom. The molecule has 3 N–H and O–H groups in total. The van der Waals surface area contributed by atoms with Gasteiger partial charge in [-0.3, -0.25) is 4.79 Å². The summed E-state index contributed by atoms with van der Waals surface area (Å²) in [6, 6.07) is 20.6. The van der Waals surface area contributed by atoms with Crippen molar-refractivity contribution in [2.24, 2.45) is 5.10 Å². The molecule has 5 nitrogen and oxygen atoms in total. The van der Waals surface area contributed by atoms with E-state index in [9.17, 15) is 9.90 Å². The van der Waals surface area contributed by atoms with Crippen LogP contribution in [0, 0.1) is 0 Å². The van der Waals surface area contributed by atoms with E-state index >= 15 is 0 Å². The number of anilines is 1. The number of amides is 1. The van der Waals surface area contributed by atoms with Gasteiger partial charge in [-0.2, -0.15) is 5.10 Å². The number of fused-ring (bicyclic) bond motifs is 1. The van der Waals surface area contributed by atoms with E-state index in [1.54, 1.807) is 24.3 Å². The van der Waals surface area contributed by atoms with Gasteiger partial charge in [-0.05, 0) is 23.6 Å². The van der Waals surface area contributed by atoms with Gasteiger partial charge in [0.15, 0.2) is 0 Å². The summed E-state index contributed by atoms with van der Waals surface area (Å²) in [6.45, 7) is 0.103. The molecular weight excluding hydrogens is 302 g/mol. The van der Waals surface area contributed by atoms with Crippen LogP contribution in [0.5, 0.6) is 5.75 Å². The van der Waals surface area contributed by atoms with Crippen molar-refractivity contribution in [1.82, 2.24) is 5.43 Å². The summed E-state index contributed by atoms with van der Waals surface area (Å²) in [4.78, 5) is 11.9. The average molecular weight is 319 g/mol. The van der Waals surface area contributed by atoms with Crippen molar-refractivity contribution in [3.63, 3.8) is 0 Å². The van der Waals surface area contributed by atoms with Crippen molar-refractivity contribution in [2.75, 3.05) is 11.9 Å². The highest BCUT2D eigenvalue weighted by Gasteiger charge is 2.03. The number of carbonyl (C=O) groups is 1. The smallest absolute Gasteiger partial charge is 0.259 e. The number of carbonyl (C=O) groups excluding carboxylic acids is 1. The third kappa shape index (κ3) is 3.70. The average Bonchev–Trinajstić information content (AvgIpc) is 2.61. The van der Waals surface area contributed by atoms with Crippen LogP contribution in [0.4, 0.5) is 5.69 Å². The van der Waals surface area contributed by atoms with Crippen LogP contribution in [0.25, 0.3) is 10.8 Å². The molecule has 0 bridgehead atoms. The van der Waals surface area contributed by atoms with Gasteiger partial charge >= 0.3 is 0 Å². The predicted octanol–water partition coefficient (Wildman–Crippen LogP) is 3.11. The van der Waals surface area contributed by atoms with Crippen molar-refractivity contribution < 1.29 is 9.90 Å². The lowest BCUT2D eigenvalue weighted by Crippen LogP contribution is -2.25. The first-order valence-corrected chi connectivity index (χ1v) is 7.55. The summed E-state index contributed by atoms with van der Waals surface area (Å²) < 4.78 is 0. The van der Waals surface area contributed by atoms with E-state index in [-0.39, 0.29) is 18.2 Å². The number of hydrogen-bond donors (Lipinski definition) is 3. The predicted molar refractivity (Wildman–Crippen MR) is 96.3 cm³/mol. The number of para-hydroxylation sites is 1. The molecule has 0 spiro atoms. The van der Waals surface area contributed by atoms with Crippen LogP contribution in [-0.2, 0) is 4.79 Å². The van der Waals surface area contributed by atoms with Crippen LogP contribution < -0.4 is 10.7 Å². The first-order chi connectivity index (χ1) is 11.7. The third-order valence-electron chi connectivity index (χ3n) is 3.56. The van der Waals surface area contributed by atoms with E-state index < -0.39 is 0 Å². The third-order valence-corrected chi connectivity index (χ3v) is 3.56. The monoisotopic (exact) mass is 319 g/mol. The molecule has 0 saturated heterocycles. The highest BCUT2D eigenvalue weighted by molar-refractivity contribution is 5.95. The van der Waals surface area contributed by atoms with Gasteiger partial charge in [-0.1, -0.05) is 48.5 Å². The maximum Gasteiger partial charge on any atom is 0.259 e. The summed E-state index contributed by atoms with van der Waals surface area (Å²) in [6.07, 6.45) is 1.41. The Hall–Kier alpha value is -3.34. The molecule has 1 amide bonds. The van der Waals surface area contributed by atoms with E-state index in [1.165, 1.54) is 6.21 Å². The van der Waals surface area contributed by atoms with Gasteiger partial charge in [0.1, 0.15) is 5.75 Å². The van der Waals surface area contributed by atoms with Gasteiger partial charge in [-0.15, -0.1) is 0 Å². The summed E-state index contributed by atoms with van der Waals surface area (Å²) in [5.74, 6) is -0.154. The van der Waals surface area contributed by atoms with E-state index in [0.29, 0.717) is 5.56 Å². The molecule has 0 fully saturated rings. The zero-order valence-corrected chi connectivity index (χ0v) is 12.9. The lowest BCUT2D eigenvalue weighted by atomic mass is 10.1. The highest BCUT2D eigenvalue weighted by atomic mass is 16.3. The fraction of sp³-hybridized carbons (Fsp3) is 0.0526. The fourth-order valence-corrected chi connectivity index (χ4v) is 2.37. The van der Waals surface area contributed by atoms with Gasteiger partial charge in [0, 0.05) is 16.6 Å². The maximum absolute atomic E-state index is 11.9. The van der Waals surface area contributed by atoms with E-state index in [1.807, 2.05) is 42.5 Å². The topological polar surface area (TPSA) is 73.7 Å². The Morgan fingerprint density at radius 3 is 2.62 bits per heavy atom. The molecule has 3 rings (SSSR count). The molecule has 0 atom stereocenters. The van der Waals surface area contributed by atoms with Crippen molar-refractivity contribution in [3.05, 3.63) is 72.3 Å². The number of hydrazone groups is 1. The second kappa shape index (κ2) is 7.28. The summed E-state index contributed by atoms with van der Waals surface area (Å²) in [5.41, 5.74) is 3.87. The van der Waals surface area contributed by atoms with Crippen LogP contribution in [0.15, 0.2) is 71.8 Å². The molecule has 0 heterocycles. The molecule has 3 aromatic rings. The molecule has 0 radical (unpaired) electrons. The zero-order valence-electron chi connectivity index (χ0n) is 12.9. The molecule has 0 aliphatic heterocycles. The van der Waals surface area contributed by atoms with Crippen molar-refractivity contribution in [2.45, 2.75) is 0 Å². The minimum atomic E-state index is -0.269. The Bertz CT molecular complexity index is 885. The summed E-state index contributed by atoms with van der Waals surface area (Å²) in [7, 11) is 0. The number of phenolic OH excluding ortho intramolecular Hbond substituents is 1. The van der Waals surface area contributed by atoms with Gasteiger partial charge in [0.2, 0.25) is 0 Å². The minimum absolute atomic E-state index is 0.103. The Balaban J connectivity index is 1.58. The number of aromatic hydroxyl groups is 1. The molecular formula is C19H17N3O2. The number of benzene rings is 3. The number of hydrogen-bond acceptors (Lipinski definition) is 4. The summed E-state index contributed by atoms with van der Waals surface area (Å²) in [5, 5.41) is 18.7. The van der Waals surface area contributed by atoms with Crippen LogP contribution >= 0.6 is 0 Å². The minimum Gasteiger partial charge on any atom is -0.507 e. The molecule has 120 valence electrons. The molecule has 0 aromatic heterocycles. The van der Waals surface area contributed by atoms with Crippen LogP contribution in [0.3, 0.4) is 0 Å².